The van der Waals surface area contributed by atoms with Crippen molar-refractivity contribution in [3.8, 4) is 11.5 Å². The summed E-state index contributed by atoms with van der Waals surface area (Å²) in [7, 11) is 3.23. The number of anilines is 1. The maximum absolute atomic E-state index is 13.7. The first-order valence-electron chi connectivity index (χ1n) is 12.1. The average molecular weight is 539 g/mol. The first-order chi connectivity index (χ1) is 17.9. The van der Waals surface area contributed by atoms with Crippen LogP contribution >= 0.6 is 23.2 Å². The predicted octanol–water partition coefficient (Wildman–Crippen LogP) is 5.53. The first-order valence-corrected chi connectivity index (χ1v) is 12.8. The molecule has 192 valence electrons. The average Bonchev–Trinajstić information content (AvgIpc) is 3.34. The summed E-state index contributed by atoms with van der Waals surface area (Å²) >= 11 is 12.5. The van der Waals surface area contributed by atoms with Crippen molar-refractivity contribution in [1.82, 2.24) is 14.3 Å². The highest BCUT2D eigenvalue weighted by molar-refractivity contribution is 6.31. The minimum absolute atomic E-state index is 0.0782. The summed E-state index contributed by atoms with van der Waals surface area (Å²) in [6.45, 7) is 2.76. The van der Waals surface area contributed by atoms with Gasteiger partial charge in [0.1, 0.15) is 17.1 Å². The smallest absolute Gasteiger partial charge is 0.223 e. The second kappa shape index (κ2) is 10.9. The van der Waals surface area contributed by atoms with Crippen LogP contribution in [-0.4, -0.2) is 60.6 Å². The third kappa shape index (κ3) is 5.48. The van der Waals surface area contributed by atoms with Gasteiger partial charge in [-0.25, -0.2) is 4.98 Å². The third-order valence-corrected chi connectivity index (χ3v) is 7.27. The molecule has 1 amide bonds. The summed E-state index contributed by atoms with van der Waals surface area (Å²) in [6, 6.07) is 17.2. The Hall–Kier alpha value is -3.42. The van der Waals surface area contributed by atoms with E-state index in [1.54, 1.807) is 14.2 Å². The fourth-order valence-electron chi connectivity index (χ4n) is 4.85. The second-order valence-electron chi connectivity index (χ2n) is 9.01. The van der Waals surface area contributed by atoms with Gasteiger partial charge in [-0.2, -0.15) is 0 Å². The van der Waals surface area contributed by atoms with Crippen molar-refractivity contribution in [3.63, 3.8) is 0 Å². The number of ether oxygens (including phenoxy) is 2. The topological polar surface area (TPSA) is 59.3 Å². The van der Waals surface area contributed by atoms with Crippen molar-refractivity contribution in [2.24, 2.45) is 0 Å². The molecule has 2 aromatic heterocycles. The van der Waals surface area contributed by atoms with Gasteiger partial charge in [-0.05, 0) is 48.0 Å². The van der Waals surface area contributed by atoms with Crippen molar-refractivity contribution in [2.45, 2.75) is 12.3 Å². The minimum Gasteiger partial charge on any atom is -0.497 e. The lowest BCUT2D eigenvalue weighted by Crippen LogP contribution is -2.49. The number of nitrogens with zero attached hydrogens (tertiary/aromatic N) is 4. The normalized spacial score (nSPS) is 14.6. The molecule has 7 nitrogen and oxygen atoms in total. The number of aromatic nitrogens is 2. The highest BCUT2D eigenvalue weighted by Gasteiger charge is 2.28. The van der Waals surface area contributed by atoms with Crippen molar-refractivity contribution in [1.29, 1.82) is 0 Å². The molecule has 0 radical (unpaired) electrons. The Morgan fingerprint density at radius 3 is 2.35 bits per heavy atom. The van der Waals surface area contributed by atoms with Crippen LogP contribution < -0.4 is 14.4 Å². The van der Waals surface area contributed by atoms with Crippen LogP contribution in [0.1, 0.15) is 23.6 Å². The summed E-state index contributed by atoms with van der Waals surface area (Å²) in [6.07, 6.45) is 3.91. The number of hydrogen-bond donors (Lipinski definition) is 0. The van der Waals surface area contributed by atoms with E-state index in [1.165, 1.54) is 0 Å². The Balaban J connectivity index is 1.42. The highest BCUT2D eigenvalue weighted by Crippen LogP contribution is 2.35. The molecule has 5 rings (SSSR count). The molecule has 4 aromatic rings. The van der Waals surface area contributed by atoms with Crippen LogP contribution in [0.4, 0.5) is 5.69 Å². The van der Waals surface area contributed by atoms with Gasteiger partial charge in [0.25, 0.3) is 0 Å². The monoisotopic (exact) mass is 538 g/mol. The van der Waals surface area contributed by atoms with Gasteiger partial charge in [0.05, 0.1) is 24.9 Å². The fraction of sp³-hybridized carbons (Fsp3) is 0.286. The molecule has 0 saturated carbocycles. The molecule has 3 heterocycles. The third-order valence-electron chi connectivity index (χ3n) is 6.82. The Morgan fingerprint density at radius 1 is 0.946 bits per heavy atom. The molecule has 37 heavy (non-hydrogen) atoms. The number of rotatable bonds is 7. The van der Waals surface area contributed by atoms with E-state index in [2.05, 4.69) is 9.88 Å². The molecule has 1 unspecified atom stereocenters. The first kappa shape index (κ1) is 25.2. The molecular formula is C28H28Cl2N4O3. The molecule has 9 heteroatoms. The van der Waals surface area contributed by atoms with Gasteiger partial charge in [-0.15, -0.1) is 0 Å². The maximum Gasteiger partial charge on any atom is 0.223 e. The van der Waals surface area contributed by atoms with Crippen LogP contribution in [0.3, 0.4) is 0 Å². The van der Waals surface area contributed by atoms with Gasteiger partial charge in [0.2, 0.25) is 5.91 Å². The number of pyridine rings is 1. The number of carbonyl (C=O) groups excluding carboxylic acids is 1. The summed E-state index contributed by atoms with van der Waals surface area (Å²) < 4.78 is 13.0. The van der Waals surface area contributed by atoms with Crippen molar-refractivity contribution < 1.29 is 14.3 Å². The van der Waals surface area contributed by atoms with Gasteiger partial charge in [0.15, 0.2) is 0 Å². The number of imidazole rings is 1. The maximum atomic E-state index is 13.7. The van der Waals surface area contributed by atoms with E-state index in [4.69, 9.17) is 32.7 Å². The van der Waals surface area contributed by atoms with Gasteiger partial charge < -0.3 is 23.7 Å². The number of hydrogen-bond acceptors (Lipinski definition) is 5. The second-order valence-corrected chi connectivity index (χ2v) is 9.88. The molecule has 1 fully saturated rings. The van der Waals surface area contributed by atoms with E-state index in [0.29, 0.717) is 34.6 Å². The van der Waals surface area contributed by atoms with Crippen LogP contribution in [0.15, 0.2) is 67.0 Å². The number of methoxy groups -OCH3 is 2. The van der Waals surface area contributed by atoms with E-state index in [0.717, 1.165) is 35.7 Å². The SMILES string of the molecule is COc1cc(OC)cc(C(CC(=O)N2CCN(c3cccc(Cl)c3)CC2)c2cnc3ccc(Cl)cn23)c1. The quantitative estimate of drug-likeness (QED) is 0.309. The summed E-state index contributed by atoms with van der Waals surface area (Å²) in [4.78, 5) is 22.4. The molecule has 2 aromatic carbocycles. The standard InChI is InChI=1S/C28H28Cl2N4O3/c1-36-23-12-19(13-24(15-23)37-2)25(26-17-31-27-7-6-21(30)18-34(26)27)16-28(35)33-10-8-32(9-11-33)22-5-3-4-20(29)14-22/h3-7,12-15,17-18,25H,8-11,16H2,1-2H3. The van der Waals surface area contributed by atoms with E-state index >= 15 is 0 Å². The van der Waals surface area contributed by atoms with Crippen LogP contribution in [0, 0.1) is 0 Å². The van der Waals surface area contributed by atoms with Crippen LogP contribution in [0.2, 0.25) is 10.0 Å². The van der Waals surface area contributed by atoms with Gasteiger partial charge in [0, 0.05) is 67.7 Å². The van der Waals surface area contributed by atoms with Gasteiger partial charge >= 0.3 is 0 Å². The van der Waals surface area contributed by atoms with Gasteiger partial charge in [-0.1, -0.05) is 29.3 Å². The zero-order valence-corrected chi connectivity index (χ0v) is 22.2. The van der Waals surface area contributed by atoms with E-state index in [1.807, 2.05) is 76.3 Å². The number of piperazine rings is 1. The Morgan fingerprint density at radius 2 is 1.68 bits per heavy atom. The summed E-state index contributed by atoms with van der Waals surface area (Å²) in [5, 5.41) is 1.30. The van der Waals surface area contributed by atoms with Crippen molar-refractivity contribution >= 4 is 40.4 Å². The van der Waals surface area contributed by atoms with E-state index < -0.39 is 0 Å². The lowest BCUT2D eigenvalue weighted by atomic mass is 9.91. The largest absolute Gasteiger partial charge is 0.497 e. The molecule has 0 aliphatic carbocycles. The molecule has 1 atom stereocenters. The number of carbonyl (C=O) groups is 1. The highest BCUT2D eigenvalue weighted by atomic mass is 35.5. The van der Waals surface area contributed by atoms with Crippen LogP contribution in [0.5, 0.6) is 11.5 Å². The summed E-state index contributed by atoms with van der Waals surface area (Å²) in [5.41, 5.74) is 3.62. The van der Waals surface area contributed by atoms with Crippen LogP contribution in [0.25, 0.3) is 5.65 Å². The Bertz CT molecular complexity index is 1390. The lowest BCUT2D eigenvalue weighted by molar-refractivity contribution is -0.131. The lowest BCUT2D eigenvalue weighted by Gasteiger charge is -2.36. The van der Waals surface area contributed by atoms with Crippen LogP contribution in [-0.2, 0) is 4.79 Å². The Labute approximate surface area is 226 Å². The number of benzene rings is 2. The van der Waals surface area contributed by atoms with Crippen molar-refractivity contribution in [3.05, 3.63) is 88.3 Å². The zero-order valence-electron chi connectivity index (χ0n) is 20.7. The molecule has 1 aliphatic heterocycles. The molecule has 0 N–H and O–H groups in total. The number of amides is 1. The molecule has 1 saturated heterocycles. The molecule has 1 aliphatic rings. The predicted molar refractivity (Wildman–Crippen MR) is 146 cm³/mol. The number of halogens is 2. The van der Waals surface area contributed by atoms with Crippen molar-refractivity contribution in [2.75, 3.05) is 45.3 Å². The van der Waals surface area contributed by atoms with E-state index in [9.17, 15) is 4.79 Å². The molecule has 0 bridgehead atoms. The summed E-state index contributed by atoms with van der Waals surface area (Å²) in [5.74, 6) is 1.12. The molecule has 0 spiro atoms. The molecular weight excluding hydrogens is 511 g/mol. The minimum atomic E-state index is -0.282. The van der Waals surface area contributed by atoms with Gasteiger partial charge in [-0.3, -0.25) is 4.79 Å². The van der Waals surface area contributed by atoms with E-state index in [-0.39, 0.29) is 18.2 Å². The number of fused-ring (bicyclic) bond motifs is 1. The fourth-order valence-corrected chi connectivity index (χ4v) is 5.19. The Kier molecular flexibility index (Phi) is 7.44. The zero-order chi connectivity index (χ0) is 25.9.